The van der Waals surface area contributed by atoms with Crippen molar-refractivity contribution in [1.82, 2.24) is 4.90 Å². The third-order valence-electron chi connectivity index (χ3n) is 3.56. The van der Waals surface area contributed by atoms with Crippen LogP contribution in [0.15, 0.2) is 18.2 Å². The number of hydrogen-bond acceptors (Lipinski definition) is 2. The Morgan fingerprint density at radius 2 is 2.22 bits per heavy atom. The van der Waals surface area contributed by atoms with Crippen molar-refractivity contribution in [3.05, 3.63) is 35.1 Å². The van der Waals surface area contributed by atoms with Crippen LogP contribution in [0.4, 0.5) is 4.39 Å². The molecule has 1 aliphatic heterocycles. The van der Waals surface area contributed by atoms with Gasteiger partial charge in [0.05, 0.1) is 6.61 Å². The van der Waals surface area contributed by atoms with Crippen LogP contribution in [0.25, 0.3) is 0 Å². The van der Waals surface area contributed by atoms with Crippen LogP contribution in [0.1, 0.15) is 24.0 Å². The number of benzene rings is 1. The molecule has 1 N–H and O–H groups in total. The second-order valence-electron chi connectivity index (χ2n) is 5.09. The summed E-state index contributed by atoms with van der Waals surface area (Å²) in [4.78, 5) is 1.94. The highest BCUT2D eigenvalue weighted by molar-refractivity contribution is 6.00. The van der Waals surface area contributed by atoms with Gasteiger partial charge in [0.25, 0.3) is 0 Å². The lowest BCUT2D eigenvalue weighted by atomic mass is 10.1. The molecule has 2 aliphatic rings. The van der Waals surface area contributed by atoms with Crippen molar-refractivity contribution in [3.8, 4) is 0 Å². The average Bonchev–Trinajstić information content (AvgIpc) is 3.13. The highest BCUT2D eigenvalue weighted by Crippen LogP contribution is 2.29. The summed E-state index contributed by atoms with van der Waals surface area (Å²) in [6.45, 7) is 2.90. The Kier molecular flexibility index (Phi) is 3.04. The highest BCUT2D eigenvalue weighted by Gasteiger charge is 2.25. The minimum Gasteiger partial charge on any atom is -0.379 e. The van der Waals surface area contributed by atoms with Gasteiger partial charge in [0.15, 0.2) is 0 Å². The first kappa shape index (κ1) is 11.7. The predicted molar refractivity (Wildman–Crippen MR) is 67.2 cm³/mol. The molecule has 1 aliphatic carbocycles. The minimum absolute atomic E-state index is 0.273. The van der Waals surface area contributed by atoms with E-state index in [1.807, 2.05) is 4.90 Å². The lowest BCUT2D eigenvalue weighted by molar-refractivity contribution is 0.112. The molecule has 0 aromatic heterocycles. The molecule has 96 valence electrons. The number of rotatable bonds is 5. The molecular weight excluding hydrogens is 231 g/mol. The fourth-order valence-corrected chi connectivity index (χ4v) is 2.26. The lowest BCUT2D eigenvalue weighted by Crippen LogP contribution is -2.28. The molecule has 0 bridgehead atoms. The quantitative estimate of drug-likeness (QED) is 0.812. The molecule has 3 rings (SSSR count). The maximum atomic E-state index is 13.1. The number of hydrogen-bond donors (Lipinski definition) is 1. The summed E-state index contributed by atoms with van der Waals surface area (Å²) in [7, 11) is 0. The molecule has 1 fully saturated rings. The van der Waals surface area contributed by atoms with Crippen LogP contribution in [0.2, 0.25) is 0 Å². The number of halogens is 1. The summed E-state index contributed by atoms with van der Waals surface area (Å²) in [6, 6.07) is 4.67. The second-order valence-corrected chi connectivity index (χ2v) is 5.09. The van der Waals surface area contributed by atoms with E-state index in [1.165, 1.54) is 25.0 Å². The Labute approximate surface area is 106 Å². The smallest absolute Gasteiger partial charge is 0.128 e. The summed E-state index contributed by atoms with van der Waals surface area (Å²) in [6.07, 6.45) is 2.59. The van der Waals surface area contributed by atoms with Crippen molar-refractivity contribution in [1.29, 1.82) is 5.41 Å². The van der Waals surface area contributed by atoms with Crippen molar-refractivity contribution in [3.63, 3.8) is 0 Å². The van der Waals surface area contributed by atoms with Gasteiger partial charge in [-0.05, 0) is 36.5 Å². The molecule has 1 aromatic carbocycles. The van der Waals surface area contributed by atoms with Crippen molar-refractivity contribution < 1.29 is 9.13 Å². The van der Waals surface area contributed by atoms with Crippen molar-refractivity contribution in [2.24, 2.45) is 5.92 Å². The van der Waals surface area contributed by atoms with Crippen LogP contribution in [0.5, 0.6) is 0 Å². The van der Waals surface area contributed by atoms with E-state index in [4.69, 9.17) is 10.1 Å². The largest absolute Gasteiger partial charge is 0.379 e. The molecule has 0 saturated heterocycles. The number of nitrogens with zero attached hydrogens (tertiary/aromatic N) is 1. The molecule has 0 amide bonds. The molecule has 1 heterocycles. The van der Waals surface area contributed by atoms with Gasteiger partial charge in [-0.15, -0.1) is 0 Å². The van der Waals surface area contributed by atoms with Gasteiger partial charge in [-0.2, -0.15) is 0 Å². The Bertz CT molecular complexity index is 471. The van der Waals surface area contributed by atoms with E-state index < -0.39 is 0 Å². The molecule has 3 nitrogen and oxygen atoms in total. The van der Waals surface area contributed by atoms with Gasteiger partial charge in [-0.1, -0.05) is 6.07 Å². The van der Waals surface area contributed by atoms with Crippen LogP contribution in [0, 0.1) is 17.1 Å². The zero-order valence-electron chi connectivity index (χ0n) is 10.3. The zero-order chi connectivity index (χ0) is 12.5. The van der Waals surface area contributed by atoms with Crippen LogP contribution >= 0.6 is 0 Å². The summed E-state index contributed by atoms with van der Waals surface area (Å²) in [5.41, 5.74) is 1.75. The summed E-state index contributed by atoms with van der Waals surface area (Å²) in [5.74, 6) is 0.916. The summed E-state index contributed by atoms with van der Waals surface area (Å²) >= 11 is 0. The fraction of sp³-hybridized carbons (Fsp3) is 0.500. The first-order valence-electron chi connectivity index (χ1n) is 6.44. The van der Waals surface area contributed by atoms with Gasteiger partial charge in [0.2, 0.25) is 0 Å². The predicted octanol–water partition coefficient (Wildman–Crippen LogP) is 2.39. The van der Waals surface area contributed by atoms with E-state index in [-0.39, 0.29) is 5.82 Å². The van der Waals surface area contributed by atoms with E-state index in [9.17, 15) is 4.39 Å². The van der Waals surface area contributed by atoms with Crippen LogP contribution in [-0.4, -0.2) is 30.5 Å². The van der Waals surface area contributed by atoms with Gasteiger partial charge in [0.1, 0.15) is 11.7 Å². The van der Waals surface area contributed by atoms with Crippen molar-refractivity contribution >= 4 is 5.84 Å². The molecule has 0 unspecified atom stereocenters. The van der Waals surface area contributed by atoms with E-state index in [2.05, 4.69) is 0 Å². The SMILES string of the molecule is N=C1c2cc(F)ccc2CN1CCOCC1CC1. The summed E-state index contributed by atoms with van der Waals surface area (Å²) in [5, 5.41) is 8.02. The Morgan fingerprint density at radius 3 is 3.00 bits per heavy atom. The van der Waals surface area contributed by atoms with Crippen molar-refractivity contribution in [2.75, 3.05) is 19.8 Å². The zero-order valence-corrected chi connectivity index (χ0v) is 10.3. The Hall–Kier alpha value is -1.42. The molecule has 0 atom stereocenters. The molecule has 4 heteroatoms. The first-order valence-corrected chi connectivity index (χ1v) is 6.44. The van der Waals surface area contributed by atoms with E-state index >= 15 is 0 Å². The maximum absolute atomic E-state index is 13.1. The van der Waals surface area contributed by atoms with Gasteiger partial charge >= 0.3 is 0 Å². The fourth-order valence-electron chi connectivity index (χ4n) is 2.26. The molecule has 1 saturated carbocycles. The van der Waals surface area contributed by atoms with Gasteiger partial charge in [-0.25, -0.2) is 4.39 Å². The number of nitrogens with one attached hydrogen (secondary N) is 1. The molecule has 18 heavy (non-hydrogen) atoms. The number of fused-ring (bicyclic) bond motifs is 1. The Balaban J connectivity index is 1.54. The van der Waals surface area contributed by atoms with E-state index in [0.717, 1.165) is 23.7 Å². The standard InChI is InChI=1S/C14H17FN2O/c15-12-4-3-11-8-17(14(16)13(11)7-12)5-6-18-9-10-1-2-10/h3-4,7,10,16H,1-2,5-6,8-9H2. The average molecular weight is 248 g/mol. The highest BCUT2D eigenvalue weighted by atomic mass is 19.1. The monoisotopic (exact) mass is 248 g/mol. The van der Waals surface area contributed by atoms with Crippen molar-refractivity contribution in [2.45, 2.75) is 19.4 Å². The lowest BCUT2D eigenvalue weighted by Gasteiger charge is -2.17. The molecule has 0 radical (unpaired) electrons. The maximum Gasteiger partial charge on any atom is 0.128 e. The number of ether oxygens (including phenoxy) is 1. The Morgan fingerprint density at radius 1 is 1.39 bits per heavy atom. The van der Waals surface area contributed by atoms with Crippen LogP contribution in [-0.2, 0) is 11.3 Å². The molecule has 0 spiro atoms. The van der Waals surface area contributed by atoms with Crippen LogP contribution < -0.4 is 0 Å². The normalized spacial score (nSPS) is 18.3. The topological polar surface area (TPSA) is 36.3 Å². The first-order chi connectivity index (χ1) is 8.74. The van der Waals surface area contributed by atoms with E-state index in [1.54, 1.807) is 6.07 Å². The third-order valence-corrected chi connectivity index (χ3v) is 3.56. The van der Waals surface area contributed by atoms with Gasteiger partial charge in [-0.3, -0.25) is 5.41 Å². The van der Waals surface area contributed by atoms with Gasteiger partial charge in [0, 0.05) is 25.3 Å². The second kappa shape index (κ2) is 4.69. The summed E-state index contributed by atoms with van der Waals surface area (Å²) < 4.78 is 18.7. The van der Waals surface area contributed by atoms with Gasteiger partial charge < -0.3 is 9.64 Å². The minimum atomic E-state index is -0.273. The van der Waals surface area contributed by atoms with E-state index in [0.29, 0.717) is 25.5 Å². The van der Waals surface area contributed by atoms with Crippen LogP contribution in [0.3, 0.4) is 0 Å². The molecular formula is C14H17FN2O. The third kappa shape index (κ3) is 2.38. The number of amidine groups is 1. The molecule has 1 aromatic rings.